The second kappa shape index (κ2) is 4.51. The lowest BCUT2D eigenvalue weighted by atomic mass is 9.94. The van der Waals surface area contributed by atoms with Crippen molar-refractivity contribution in [3.63, 3.8) is 0 Å². The maximum absolute atomic E-state index is 9.17. The summed E-state index contributed by atoms with van der Waals surface area (Å²) in [5.41, 5.74) is 5.91. The molecule has 0 saturated carbocycles. The van der Waals surface area contributed by atoms with E-state index in [-0.39, 0.29) is 6.61 Å². The van der Waals surface area contributed by atoms with E-state index in [1.54, 1.807) is 39.3 Å². The van der Waals surface area contributed by atoms with Gasteiger partial charge in [0, 0.05) is 6.07 Å². The van der Waals surface area contributed by atoms with Crippen LogP contribution < -0.4 is 15.2 Å². The van der Waals surface area contributed by atoms with Gasteiger partial charge >= 0.3 is 0 Å². The summed E-state index contributed by atoms with van der Waals surface area (Å²) in [5, 5.41) is 9.17. The minimum Gasteiger partial charge on any atom is -0.497 e. The van der Waals surface area contributed by atoms with Gasteiger partial charge in [0.15, 0.2) is 0 Å². The molecule has 0 aliphatic heterocycles. The summed E-state index contributed by atoms with van der Waals surface area (Å²) in [6.07, 6.45) is 0. The second-order valence-electron chi connectivity index (χ2n) is 3.68. The van der Waals surface area contributed by atoms with Crippen LogP contribution >= 0.6 is 0 Å². The molecule has 3 N–H and O–H groups in total. The first-order valence-electron chi connectivity index (χ1n) is 4.67. The molecule has 0 fully saturated rings. The number of hydrogen-bond acceptors (Lipinski definition) is 4. The first-order chi connectivity index (χ1) is 7.03. The average molecular weight is 211 g/mol. The van der Waals surface area contributed by atoms with E-state index in [1.807, 2.05) is 0 Å². The van der Waals surface area contributed by atoms with Gasteiger partial charge in [-0.05, 0) is 24.6 Å². The Kier molecular flexibility index (Phi) is 3.55. The van der Waals surface area contributed by atoms with Crippen LogP contribution in [0.25, 0.3) is 0 Å². The normalized spacial score (nSPS) is 14.5. The van der Waals surface area contributed by atoms with Gasteiger partial charge in [0.05, 0.1) is 26.4 Å². The van der Waals surface area contributed by atoms with Gasteiger partial charge in [0.25, 0.3) is 0 Å². The molecule has 0 aliphatic rings. The van der Waals surface area contributed by atoms with Crippen molar-refractivity contribution in [1.29, 1.82) is 0 Å². The van der Waals surface area contributed by atoms with Crippen LogP contribution in [0.3, 0.4) is 0 Å². The summed E-state index contributed by atoms with van der Waals surface area (Å²) in [6, 6.07) is 5.34. The van der Waals surface area contributed by atoms with Crippen molar-refractivity contribution in [2.45, 2.75) is 12.5 Å². The van der Waals surface area contributed by atoms with Crippen molar-refractivity contribution in [3.05, 3.63) is 23.8 Å². The average Bonchev–Trinajstić information content (AvgIpc) is 2.28. The topological polar surface area (TPSA) is 64.7 Å². The van der Waals surface area contributed by atoms with E-state index < -0.39 is 5.54 Å². The third kappa shape index (κ3) is 2.61. The lowest BCUT2D eigenvalue weighted by Gasteiger charge is -2.23. The Hall–Kier alpha value is -1.26. The highest BCUT2D eigenvalue weighted by Crippen LogP contribution is 2.28. The maximum atomic E-state index is 9.17. The predicted molar refractivity (Wildman–Crippen MR) is 58.2 cm³/mol. The van der Waals surface area contributed by atoms with E-state index in [2.05, 4.69) is 0 Å². The molecular weight excluding hydrogens is 194 g/mol. The molecule has 0 heterocycles. The maximum Gasteiger partial charge on any atom is 0.122 e. The van der Waals surface area contributed by atoms with Gasteiger partial charge in [-0.25, -0.2) is 0 Å². The van der Waals surface area contributed by atoms with Crippen molar-refractivity contribution >= 4 is 0 Å². The van der Waals surface area contributed by atoms with Crippen molar-refractivity contribution in [2.75, 3.05) is 20.8 Å². The molecule has 1 atom stereocenters. The standard InChI is InChI=1S/C11H17NO3/c1-11(12,7-13)8-4-9(14-2)6-10(5-8)15-3/h4-6,13H,7,12H2,1-3H3. The third-order valence-electron chi connectivity index (χ3n) is 2.34. The summed E-state index contributed by atoms with van der Waals surface area (Å²) in [6.45, 7) is 1.62. The van der Waals surface area contributed by atoms with E-state index >= 15 is 0 Å². The summed E-state index contributed by atoms with van der Waals surface area (Å²) in [7, 11) is 3.15. The van der Waals surface area contributed by atoms with Crippen LogP contribution in [0, 0.1) is 0 Å². The Morgan fingerprint density at radius 2 is 1.67 bits per heavy atom. The highest BCUT2D eigenvalue weighted by molar-refractivity contribution is 5.41. The van der Waals surface area contributed by atoms with Crippen molar-refractivity contribution in [2.24, 2.45) is 5.73 Å². The number of methoxy groups -OCH3 is 2. The lowest BCUT2D eigenvalue weighted by molar-refractivity contribution is 0.209. The molecule has 1 aromatic rings. The minimum atomic E-state index is -0.790. The number of rotatable bonds is 4. The van der Waals surface area contributed by atoms with Gasteiger partial charge in [-0.2, -0.15) is 0 Å². The summed E-state index contributed by atoms with van der Waals surface area (Å²) in [4.78, 5) is 0. The first-order valence-corrected chi connectivity index (χ1v) is 4.67. The quantitative estimate of drug-likeness (QED) is 0.775. The highest BCUT2D eigenvalue weighted by Gasteiger charge is 2.21. The minimum absolute atomic E-state index is 0.136. The molecule has 1 rings (SSSR count). The SMILES string of the molecule is COc1cc(OC)cc(C(C)(N)CO)c1. The fourth-order valence-corrected chi connectivity index (χ4v) is 1.23. The number of ether oxygens (including phenoxy) is 2. The van der Waals surface area contributed by atoms with Crippen LogP contribution in [0.5, 0.6) is 11.5 Å². The van der Waals surface area contributed by atoms with Gasteiger partial charge in [-0.3, -0.25) is 0 Å². The van der Waals surface area contributed by atoms with Gasteiger partial charge in [-0.15, -0.1) is 0 Å². The molecule has 0 amide bonds. The largest absolute Gasteiger partial charge is 0.497 e. The number of aliphatic hydroxyl groups excluding tert-OH is 1. The van der Waals surface area contributed by atoms with E-state index in [1.165, 1.54) is 0 Å². The molecular formula is C11H17NO3. The number of benzene rings is 1. The number of hydrogen-bond donors (Lipinski definition) is 2. The zero-order valence-corrected chi connectivity index (χ0v) is 9.28. The van der Waals surface area contributed by atoms with Crippen LogP contribution in [0.15, 0.2) is 18.2 Å². The first kappa shape index (κ1) is 11.8. The Morgan fingerprint density at radius 3 is 2.00 bits per heavy atom. The van der Waals surface area contributed by atoms with Crippen LogP contribution in [-0.2, 0) is 5.54 Å². The Balaban J connectivity index is 3.18. The molecule has 15 heavy (non-hydrogen) atoms. The second-order valence-corrected chi connectivity index (χ2v) is 3.68. The Morgan fingerprint density at radius 1 is 1.20 bits per heavy atom. The molecule has 1 aromatic carbocycles. The highest BCUT2D eigenvalue weighted by atomic mass is 16.5. The van der Waals surface area contributed by atoms with E-state index in [9.17, 15) is 0 Å². The number of nitrogens with two attached hydrogens (primary N) is 1. The molecule has 4 nitrogen and oxygen atoms in total. The molecule has 0 spiro atoms. The van der Waals surface area contributed by atoms with Crippen molar-refractivity contribution in [1.82, 2.24) is 0 Å². The summed E-state index contributed by atoms with van der Waals surface area (Å²) in [5.74, 6) is 1.32. The van der Waals surface area contributed by atoms with Crippen LogP contribution in [0.4, 0.5) is 0 Å². The van der Waals surface area contributed by atoms with Gasteiger partial charge in [0.2, 0.25) is 0 Å². The van der Waals surface area contributed by atoms with E-state index in [0.717, 1.165) is 5.56 Å². The molecule has 0 aliphatic carbocycles. The Bertz CT molecular complexity index is 314. The monoisotopic (exact) mass is 211 g/mol. The third-order valence-corrected chi connectivity index (χ3v) is 2.34. The smallest absolute Gasteiger partial charge is 0.122 e. The van der Waals surface area contributed by atoms with Gasteiger partial charge in [-0.1, -0.05) is 0 Å². The summed E-state index contributed by atoms with van der Waals surface area (Å²) >= 11 is 0. The van der Waals surface area contributed by atoms with Gasteiger partial charge < -0.3 is 20.3 Å². The van der Waals surface area contributed by atoms with Crippen LogP contribution in [0.1, 0.15) is 12.5 Å². The summed E-state index contributed by atoms with van der Waals surface area (Å²) < 4.78 is 10.2. The molecule has 4 heteroatoms. The Labute approximate surface area is 89.6 Å². The molecule has 0 aromatic heterocycles. The molecule has 0 radical (unpaired) electrons. The fraction of sp³-hybridized carbons (Fsp3) is 0.455. The molecule has 84 valence electrons. The van der Waals surface area contributed by atoms with Crippen LogP contribution in [-0.4, -0.2) is 25.9 Å². The zero-order valence-electron chi connectivity index (χ0n) is 9.28. The molecule has 1 unspecified atom stereocenters. The van der Waals surface area contributed by atoms with Crippen molar-refractivity contribution < 1.29 is 14.6 Å². The molecule has 0 bridgehead atoms. The lowest BCUT2D eigenvalue weighted by Crippen LogP contribution is -2.36. The zero-order chi connectivity index (χ0) is 11.5. The predicted octanol–water partition coefficient (Wildman–Crippen LogP) is 0.870. The fourth-order valence-electron chi connectivity index (χ4n) is 1.23. The van der Waals surface area contributed by atoms with Gasteiger partial charge in [0.1, 0.15) is 11.5 Å². The van der Waals surface area contributed by atoms with Crippen molar-refractivity contribution in [3.8, 4) is 11.5 Å². The molecule has 0 saturated heterocycles. The number of aliphatic hydroxyl groups is 1. The van der Waals surface area contributed by atoms with Crippen LogP contribution in [0.2, 0.25) is 0 Å². The van der Waals surface area contributed by atoms with E-state index in [0.29, 0.717) is 11.5 Å². The van der Waals surface area contributed by atoms with E-state index in [4.69, 9.17) is 20.3 Å².